The summed E-state index contributed by atoms with van der Waals surface area (Å²) in [5.41, 5.74) is 0. The van der Waals surface area contributed by atoms with Crippen molar-refractivity contribution in [2.24, 2.45) is 0 Å². The van der Waals surface area contributed by atoms with Crippen molar-refractivity contribution >= 4 is 13.7 Å². The lowest BCUT2D eigenvalue weighted by atomic mass is 10.1. The number of hydrogen-bond acceptors (Lipinski definition) is 6. The molecule has 0 bridgehead atoms. The first-order valence-corrected chi connectivity index (χ1v) is 25.9. The lowest BCUT2D eigenvalue weighted by Gasteiger charge is -2.29. The van der Waals surface area contributed by atoms with E-state index in [1.807, 2.05) is 27.2 Å². The fourth-order valence-corrected chi connectivity index (χ4v) is 7.21. The van der Waals surface area contributed by atoms with Crippen molar-refractivity contribution in [2.45, 2.75) is 199 Å². The van der Waals surface area contributed by atoms with E-state index in [0.717, 1.165) is 83.5 Å². The predicted molar refractivity (Wildman–Crippen MR) is 260 cm³/mol. The van der Waals surface area contributed by atoms with Crippen molar-refractivity contribution in [1.82, 2.24) is 5.32 Å². The zero-order valence-electron chi connectivity index (χ0n) is 39.8. The molecule has 0 aromatic carbocycles. The number of carbonyl (C=O) groups is 1. The molecule has 0 aliphatic carbocycles. The average molecular weight is 873 g/mol. The molecule has 352 valence electrons. The minimum absolute atomic E-state index is 0.0118. The molecule has 3 unspecified atom stereocenters. The second-order valence-electron chi connectivity index (χ2n) is 17.4. The molecule has 9 heteroatoms. The predicted octanol–water partition coefficient (Wildman–Crippen LogP) is 13.5. The molecule has 0 aliphatic heterocycles. The Hall–Kier alpha value is -2.32. The van der Waals surface area contributed by atoms with Crippen molar-refractivity contribution in [3.63, 3.8) is 0 Å². The van der Waals surface area contributed by atoms with Gasteiger partial charge in [0, 0.05) is 6.42 Å². The van der Waals surface area contributed by atoms with Gasteiger partial charge in [0.05, 0.1) is 39.9 Å². The van der Waals surface area contributed by atoms with Crippen LogP contribution in [0.3, 0.4) is 0 Å². The number of hydrogen-bond donors (Lipinski definition) is 2. The molecule has 0 heterocycles. The molecule has 0 radical (unpaired) electrons. The van der Waals surface area contributed by atoms with Gasteiger partial charge in [-0.1, -0.05) is 189 Å². The Morgan fingerprint density at radius 2 is 1.02 bits per heavy atom. The van der Waals surface area contributed by atoms with Crippen LogP contribution in [0.25, 0.3) is 0 Å². The Kier molecular flexibility index (Phi) is 41.3. The van der Waals surface area contributed by atoms with Crippen LogP contribution in [0.4, 0.5) is 0 Å². The first-order chi connectivity index (χ1) is 29.5. The average Bonchev–Trinajstić information content (AvgIpc) is 3.21. The maximum Gasteiger partial charge on any atom is 0.268 e. The number of aliphatic hydroxyl groups excluding tert-OH is 1. The number of phosphoric ester groups is 1. The molecule has 0 rings (SSSR count). The van der Waals surface area contributed by atoms with Crippen LogP contribution in [0.2, 0.25) is 0 Å². The summed E-state index contributed by atoms with van der Waals surface area (Å²) in [4.78, 5) is 25.4. The third kappa shape index (κ3) is 45.5. The Bertz CT molecular complexity index is 1260. The smallest absolute Gasteiger partial charge is 0.268 e. The van der Waals surface area contributed by atoms with Gasteiger partial charge in [-0.3, -0.25) is 9.36 Å². The van der Waals surface area contributed by atoms with Gasteiger partial charge in [0.15, 0.2) is 0 Å². The second kappa shape index (κ2) is 43.0. The van der Waals surface area contributed by atoms with Crippen LogP contribution in [-0.2, 0) is 18.4 Å². The Morgan fingerprint density at radius 3 is 1.52 bits per heavy atom. The number of amides is 1. The quantitative estimate of drug-likeness (QED) is 0.0273. The summed E-state index contributed by atoms with van der Waals surface area (Å²) in [7, 11) is 1.23. The summed E-state index contributed by atoms with van der Waals surface area (Å²) in [6.45, 7) is 4.48. The van der Waals surface area contributed by atoms with Crippen LogP contribution < -0.4 is 10.2 Å². The van der Waals surface area contributed by atoms with Gasteiger partial charge in [-0.2, -0.15) is 0 Å². The van der Waals surface area contributed by atoms with E-state index in [4.69, 9.17) is 9.05 Å². The van der Waals surface area contributed by atoms with E-state index < -0.39 is 26.6 Å². The van der Waals surface area contributed by atoms with Gasteiger partial charge in [-0.05, 0) is 77.0 Å². The number of nitrogens with one attached hydrogen (secondary N) is 1. The van der Waals surface area contributed by atoms with Gasteiger partial charge in [0.25, 0.3) is 7.82 Å². The van der Waals surface area contributed by atoms with E-state index in [0.29, 0.717) is 17.4 Å². The Balaban J connectivity index is 4.34. The van der Waals surface area contributed by atoms with E-state index in [2.05, 4.69) is 92.1 Å². The van der Waals surface area contributed by atoms with Crippen molar-refractivity contribution in [1.29, 1.82) is 0 Å². The highest BCUT2D eigenvalue weighted by molar-refractivity contribution is 7.45. The molecule has 1 amide bonds. The molecule has 0 aromatic heterocycles. The number of unbranched alkanes of at least 4 members (excludes halogenated alkanes) is 18. The lowest BCUT2D eigenvalue weighted by molar-refractivity contribution is -0.870. The zero-order valence-corrected chi connectivity index (χ0v) is 40.7. The van der Waals surface area contributed by atoms with E-state index >= 15 is 0 Å². The van der Waals surface area contributed by atoms with Gasteiger partial charge in [0.1, 0.15) is 13.2 Å². The molecule has 0 aromatic rings. The number of carbonyl (C=O) groups excluding carboxylic acids is 1. The van der Waals surface area contributed by atoms with E-state index in [1.165, 1.54) is 83.5 Å². The third-order valence-corrected chi connectivity index (χ3v) is 11.3. The van der Waals surface area contributed by atoms with Gasteiger partial charge < -0.3 is 28.8 Å². The van der Waals surface area contributed by atoms with Crippen molar-refractivity contribution in [3.05, 3.63) is 85.1 Å². The first kappa shape index (κ1) is 58.7. The van der Waals surface area contributed by atoms with Crippen LogP contribution in [0.15, 0.2) is 85.1 Å². The van der Waals surface area contributed by atoms with Crippen molar-refractivity contribution < 1.29 is 32.9 Å². The number of nitrogens with zero attached hydrogens (tertiary/aromatic N) is 1. The maximum atomic E-state index is 12.9. The minimum atomic E-state index is -4.60. The van der Waals surface area contributed by atoms with Gasteiger partial charge in [0.2, 0.25) is 5.91 Å². The first-order valence-electron chi connectivity index (χ1n) is 24.4. The number of allylic oxidation sites excluding steroid dienone is 13. The summed E-state index contributed by atoms with van der Waals surface area (Å²) in [6, 6.07) is -0.911. The molecule has 0 spiro atoms. The molecular weight excluding hydrogens is 780 g/mol. The fourth-order valence-electron chi connectivity index (χ4n) is 6.49. The van der Waals surface area contributed by atoms with Crippen molar-refractivity contribution in [2.75, 3.05) is 40.9 Å². The fraction of sp³-hybridized carbons (Fsp3) is 0.712. The molecule has 0 saturated heterocycles. The molecule has 2 N–H and O–H groups in total. The highest BCUT2D eigenvalue weighted by Gasteiger charge is 2.23. The molecule has 61 heavy (non-hydrogen) atoms. The van der Waals surface area contributed by atoms with Crippen LogP contribution >= 0.6 is 7.82 Å². The molecule has 8 nitrogen and oxygen atoms in total. The van der Waals surface area contributed by atoms with Crippen LogP contribution in [0, 0.1) is 0 Å². The number of likely N-dealkylation sites (N-methyl/N-ethyl adjacent to an activating group) is 1. The molecule has 0 aliphatic rings. The summed E-state index contributed by atoms with van der Waals surface area (Å²) >= 11 is 0. The van der Waals surface area contributed by atoms with Gasteiger partial charge >= 0.3 is 0 Å². The largest absolute Gasteiger partial charge is 0.756 e. The summed E-state index contributed by atoms with van der Waals surface area (Å²) in [5, 5.41) is 13.8. The highest BCUT2D eigenvalue weighted by atomic mass is 31.2. The third-order valence-electron chi connectivity index (χ3n) is 10.3. The second-order valence-corrected chi connectivity index (χ2v) is 18.8. The normalized spacial score (nSPS) is 14.9. The van der Waals surface area contributed by atoms with Crippen molar-refractivity contribution in [3.8, 4) is 0 Å². The summed E-state index contributed by atoms with van der Waals surface area (Å²) in [6.07, 6.45) is 59.2. The minimum Gasteiger partial charge on any atom is -0.756 e. The van der Waals surface area contributed by atoms with Crippen LogP contribution in [0.1, 0.15) is 187 Å². The van der Waals surface area contributed by atoms with E-state index in [1.54, 1.807) is 6.08 Å². The van der Waals surface area contributed by atoms with Crippen LogP contribution in [0.5, 0.6) is 0 Å². The van der Waals surface area contributed by atoms with Gasteiger partial charge in [-0.25, -0.2) is 0 Å². The topological polar surface area (TPSA) is 108 Å². The Morgan fingerprint density at radius 1 is 0.590 bits per heavy atom. The number of rotatable bonds is 43. The number of quaternary nitrogens is 1. The van der Waals surface area contributed by atoms with Gasteiger partial charge in [-0.15, -0.1) is 0 Å². The van der Waals surface area contributed by atoms with Crippen LogP contribution in [-0.4, -0.2) is 68.5 Å². The molecule has 0 saturated carbocycles. The standard InChI is InChI=1S/C52H93N2O6P/c1-6-8-10-12-14-16-18-20-22-23-24-25-26-27-28-29-30-31-32-34-36-38-40-42-44-46-52(56)53-50(49-60-61(57,58)59-48-47-54(3,4)5)51(55)45-43-41-39-37-35-33-21-19-17-15-13-11-9-7-2/h8,10,14,16,20,22,24-25,27-28,35,37,43,45,50-51,55H,6-7,9,11-13,15,17-19,21,23,26,29-34,36,38-42,44,46-49H2,1-5H3,(H-,53,56,57,58)/b10-8-,16-14-,22-20-,25-24-,28-27-,37-35+,45-43+. The molecular formula is C52H93N2O6P. The highest BCUT2D eigenvalue weighted by Crippen LogP contribution is 2.38. The Labute approximate surface area is 376 Å². The molecule has 0 fully saturated rings. The van der Waals surface area contributed by atoms with E-state index in [-0.39, 0.29) is 12.5 Å². The summed E-state index contributed by atoms with van der Waals surface area (Å²) < 4.78 is 23.2. The SMILES string of the molecule is CC/C=C\C/C=C\C/C=C\C/C=C\C/C=C\CCCCCCCCCCCC(=O)NC(COP(=O)([O-])OCC[N+](C)(C)C)C(O)/C=C/CC/C=C/CCCCCCCCCC. The molecule has 3 atom stereocenters. The maximum absolute atomic E-state index is 12.9. The monoisotopic (exact) mass is 873 g/mol. The van der Waals surface area contributed by atoms with E-state index in [9.17, 15) is 19.4 Å². The lowest BCUT2D eigenvalue weighted by Crippen LogP contribution is -2.45. The summed E-state index contributed by atoms with van der Waals surface area (Å²) in [5.74, 6) is -0.218. The number of aliphatic hydroxyl groups is 1. The number of phosphoric acid groups is 1. The zero-order chi connectivity index (χ0) is 45.0.